The van der Waals surface area contributed by atoms with Crippen LogP contribution in [0.2, 0.25) is 0 Å². The van der Waals surface area contributed by atoms with Crippen LogP contribution in [0.4, 0.5) is 0 Å². The predicted molar refractivity (Wildman–Crippen MR) is 149 cm³/mol. The summed E-state index contributed by atoms with van der Waals surface area (Å²) in [6.07, 6.45) is 0.694. The van der Waals surface area contributed by atoms with Crippen molar-refractivity contribution in [2.75, 3.05) is 5.75 Å². The van der Waals surface area contributed by atoms with E-state index in [1.54, 1.807) is 11.8 Å². The number of hydrogen-bond donors (Lipinski definition) is 3. The molecule has 0 radical (unpaired) electrons. The summed E-state index contributed by atoms with van der Waals surface area (Å²) in [4.78, 5) is 15.5. The minimum atomic E-state index is -0.538. The van der Waals surface area contributed by atoms with Gasteiger partial charge in [0.25, 0.3) is 0 Å². The Hall–Kier alpha value is -3.50. The largest absolute Gasteiger partial charge is 0.392 e. The van der Waals surface area contributed by atoms with Crippen LogP contribution in [-0.2, 0) is 27.4 Å². The van der Waals surface area contributed by atoms with Crippen LogP contribution in [0.1, 0.15) is 48.5 Å². The Bertz CT molecular complexity index is 1360. The summed E-state index contributed by atoms with van der Waals surface area (Å²) in [6.45, 7) is 4.16. The third-order valence-electron chi connectivity index (χ3n) is 6.89. The van der Waals surface area contributed by atoms with Crippen molar-refractivity contribution >= 4 is 17.7 Å². The van der Waals surface area contributed by atoms with Gasteiger partial charge < -0.3 is 19.9 Å². The van der Waals surface area contributed by atoms with Crippen molar-refractivity contribution in [1.82, 2.24) is 20.5 Å². The fraction of sp³-hybridized carbons (Fsp3) is 0.300. The lowest BCUT2D eigenvalue weighted by Crippen LogP contribution is -2.38. The van der Waals surface area contributed by atoms with Crippen LogP contribution in [0.25, 0.3) is 11.1 Å². The number of aromatic amines is 1. The minimum absolute atomic E-state index is 0.00599. The quantitative estimate of drug-likeness (QED) is 0.249. The Morgan fingerprint density at radius 1 is 1.00 bits per heavy atom. The summed E-state index contributed by atoms with van der Waals surface area (Å²) in [7, 11) is 0. The molecule has 1 amide bonds. The van der Waals surface area contributed by atoms with Crippen LogP contribution in [0.3, 0.4) is 0 Å². The average molecular weight is 545 g/mol. The Morgan fingerprint density at radius 2 is 1.77 bits per heavy atom. The van der Waals surface area contributed by atoms with Gasteiger partial charge in [-0.15, -0.1) is 0 Å². The van der Waals surface area contributed by atoms with Crippen molar-refractivity contribution in [2.45, 2.75) is 50.7 Å². The molecule has 1 fully saturated rings. The topological polar surface area (TPSA) is 109 Å². The highest BCUT2D eigenvalue weighted by atomic mass is 32.2. The molecule has 4 atom stereocenters. The highest BCUT2D eigenvalue weighted by Crippen LogP contribution is 2.43. The number of carbonyl (C=O) groups is 1. The molecule has 1 aliphatic heterocycles. The van der Waals surface area contributed by atoms with Gasteiger partial charge in [0.05, 0.1) is 18.8 Å². The molecular weight excluding hydrogens is 512 g/mol. The number of rotatable bonds is 9. The second-order valence-electron chi connectivity index (χ2n) is 9.66. The van der Waals surface area contributed by atoms with E-state index in [-0.39, 0.29) is 30.6 Å². The lowest BCUT2D eigenvalue weighted by atomic mass is 9.91. The molecule has 2 heterocycles. The van der Waals surface area contributed by atoms with Crippen LogP contribution in [0.15, 0.2) is 84.3 Å². The molecule has 4 unspecified atom stereocenters. The fourth-order valence-corrected chi connectivity index (χ4v) is 5.60. The number of H-pyrrole nitrogens is 1. The molecule has 0 saturated carbocycles. The van der Waals surface area contributed by atoms with Gasteiger partial charge in [0.1, 0.15) is 6.33 Å². The maximum Gasteiger partial charge on any atom is 0.217 e. The molecule has 0 bridgehead atoms. The number of ether oxygens (including phenoxy) is 2. The highest BCUT2D eigenvalue weighted by Gasteiger charge is 2.38. The lowest BCUT2D eigenvalue weighted by molar-refractivity contribution is -0.268. The molecular formula is C30H32N4O4S. The van der Waals surface area contributed by atoms with Crippen LogP contribution in [0, 0.1) is 5.92 Å². The molecule has 8 nitrogen and oxygen atoms in total. The molecule has 1 saturated heterocycles. The SMILES string of the molecule is CC(=O)NCc1cccc(-c2ccc(C3OC(CSc4ncn[nH]4)C(C)C(c4ccc(CO)cc4)O3)cc2)c1. The van der Waals surface area contributed by atoms with Crippen LogP contribution >= 0.6 is 11.8 Å². The summed E-state index contributed by atoms with van der Waals surface area (Å²) in [5, 5.41) is 19.9. The molecule has 9 heteroatoms. The summed E-state index contributed by atoms with van der Waals surface area (Å²) in [6, 6.07) is 24.3. The molecule has 202 valence electrons. The fourth-order valence-electron chi connectivity index (χ4n) is 4.65. The maximum absolute atomic E-state index is 11.3. The first-order valence-corrected chi connectivity index (χ1v) is 13.9. The van der Waals surface area contributed by atoms with E-state index in [2.05, 4.69) is 51.7 Å². The smallest absolute Gasteiger partial charge is 0.217 e. The normalized spacial score (nSPS) is 21.0. The molecule has 3 N–H and O–H groups in total. The van der Waals surface area contributed by atoms with E-state index in [9.17, 15) is 9.90 Å². The van der Waals surface area contributed by atoms with Crippen molar-refractivity contribution in [3.8, 4) is 11.1 Å². The molecule has 4 aromatic rings. The molecule has 1 aliphatic rings. The van der Waals surface area contributed by atoms with Gasteiger partial charge in [-0.05, 0) is 33.9 Å². The minimum Gasteiger partial charge on any atom is -0.392 e. The standard InChI is InChI=1S/C30H32N4O4S/c1-19-27(17-39-30-32-18-33-34-30)37-29(38-28(19)24-8-6-21(16-35)7-9-24)25-12-10-23(11-13-25)26-5-3-4-22(14-26)15-31-20(2)36/h3-14,18-19,27-29,35H,15-17H2,1-2H3,(H,31,36)(H,32,33,34). The number of nitrogens with one attached hydrogen (secondary N) is 2. The van der Waals surface area contributed by atoms with Gasteiger partial charge in [-0.25, -0.2) is 4.98 Å². The number of nitrogens with zero attached hydrogens (tertiary/aromatic N) is 2. The molecule has 39 heavy (non-hydrogen) atoms. The number of aromatic nitrogens is 3. The van der Waals surface area contributed by atoms with Gasteiger partial charge in [0, 0.05) is 30.7 Å². The van der Waals surface area contributed by atoms with Gasteiger partial charge >= 0.3 is 0 Å². The van der Waals surface area contributed by atoms with Crippen molar-refractivity contribution < 1.29 is 19.4 Å². The van der Waals surface area contributed by atoms with Gasteiger partial charge in [-0.2, -0.15) is 5.10 Å². The van der Waals surface area contributed by atoms with Crippen molar-refractivity contribution in [2.24, 2.45) is 5.92 Å². The zero-order valence-electron chi connectivity index (χ0n) is 21.9. The number of hydrogen-bond acceptors (Lipinski definition) is 7. The van der Waals surface area contributed by atoms with Crippen LogP contribution in [-0.4, -0.2) is 38.1 Å². The van der Waals surface area contributed by atoms with Gasteiger partial charge in [-0.1, -0.05) is 85.4 Å². The summed E-state index contributed by atoms with van der Waals surface area (Å²) in [5.74, 6) is 0.731. The molecule has 1 aromatic heterocycles. The van der Waals surface area contributed by atoms with E-state index in [0.717, 1.165) is 38.5 Å². The van der Waals surface area contributed by atoms with Crippen molar-refractivity contribution in [1.29, 1.82) is 0 Å². The number of benzene rings is 3. The first-order chi connectivity index (χ1) is 19.0. The van der Waals surface area contributed by atoms with E-state index < -0.39 is 6.29 Å². The number of thioether (sulfide) groups is 1. The number of carbonyl (C=O) groups excluding carboxylic acids is 1. The molecule has 3 aromatic carbocycles. The van der Waals surface area contributed by atoms with Gasteiger partial charge in [-0.3, -0.25) is 9.89 Å². The number of aliphatic hydroxyl groups excluding tert-OH is 1. The van der Waals surface area contributed by atoms with Crippen LogP contribution in [0.5, 0.6) is 0 Å². The lowest BCUT2D eigenvalue weighted by Gasteiger charge is -2.41. The Kier molecular flexibility index (Phi) is 8.73. The summed E-state index contributed by atoms with van der Waals surface area (Å²) in [5.41, 5.74) is 6.04. The van der Waals surface area contributed by atoms with E-state index in [1.807, 2.05) is 48.5 Å². The summed E-state index contributed by atoms with van der Waals surface area (Å²) < 4.78 is 13.1. The van der Waals surface area contributed by atoms with Gasteiger partial charge in [0.2, 0.25) is 5.91 Å². The Labute approximate surface area is 232 Å². The maximum atomic E-state index is 11.3. The number of amides is 1. The molecule has 0 aliphatic carbocycles. The predicted octanol–water partition coefficient (Wildman–Crippen LogP) is 5.18. The zero-order chi connectivity index (χ0) is 27.2. The second-order valence-corrected chi connectivity index (χ2v) is 10.7. The van der Waals surface area contributed by atoms with E-state index in [4.69, 9.17) is 9.47 Å². The monoisotopic (exact) mass is 544 g/mol. The molecule has 5 rings (SSSR count). The van der Waals surface area contributed by atoms with Crippen molar-refractivity contribution in [3.63, 3.8) is 0 Å². The van der Waals surface area contributed by atoms with Crippen LogP contribution < -0.4 is 5.32 Å². The average Bonchev–Trinajstić information content (AvgIpc) is 3.50. The van der Waals surface area contributed by atoms with E-state index in [1.165, 1.54) is 13.3 Å². The van der Waals surface area contributed by atoms with E-state index >= 15 is 0 Å². The Morgan fingerprint density at radius 3 is 2.46 bits per heavy atom. The highest BCUT2D eigenvalue weighted by molar-refractivity contribution is 7.99. The first-order valence-electron chi connectivity index (χ1n) is 12.9. The third-order valence-corrected chi connectivity index (χ3v) is 7.85. The van der Waals surface area contributed by atoms with E-state index in [0.29, 0.717) is 12.3 Å². The second kappa shape index (κ2) is 12.6. The zero-order valence-corrected chi connectivity index (χ0v) is 22.7. The first kappa shape index (κ1) is 27.1. The number of aliphatic hydroxyl groups is 1. The molecule has 0 spiro atoms. The van der Waals surface area contributed by atoms with Crippen molar-refractivity contribution in [3.05, 3.63) is 101 Å². The third kappa shape index (κ3) is 6.75. The van der Waals surface area contributed by atoms with Gasteiger partial charge in [0.15, 0.2) is 11.4 Å². The summed E-state index contributed by atoms with van der Waals surface area (Å²) >= 11 is 1.58. The Balaban J connectivity index is 1.36.